The fraction of sp³-hybridized carbons (Fsp3) is 0.200. The first-order chi connectivity index (χ1) is 20.0. The summed E-state index contributed by atoms with van der Waals surface area (Å²) in [5, 5.41) is 22.6. The monoisotopic (exact) mass is 543 g/mol. The number of aromatic nitrogens is 1. The Kier molecular flexibility index (Phi) is 8.92. The van der Waals surface area contributed by atoms with Crippen molar-refractivity contribution >= 4 is 22.8 Å². The Morgan fingerprint density at radius 1 is 1.00 bits per heavy atom. The summed E-state index contributed by atoms with van der Waals surface area (Å²) in [4.78, 5) is 4.46. The molecule has 4 N–H and O–H groups in total. The third-order valence-corrected chi connectivity index (χ3v) is 7.27. The summed E-state index contributed by atoms with van der Waals surface area (Å²) in [5.41, 5.74) is 10.5. The lowest BCUT2D eigenvalue weighted by molar-refractivity contribution is 0.228. The summed E-state index contributed by atoms with van der Waals surface area (Å²) in [5.74, 6) is 0. The number of hydrazone groups is 1. The molecule has 1 atom stereocenters. The van der Waals surface area contributed by atoms with E-state index in [1.165, 1.54) is 16.7 Å². The molecule has 208 valence electrons. The van der Waals surface area contributed by atoms with E-state index in [1.807, 2.05) is 60.8 Å². The van der Waals surface area contributed by atoms with Crippen molar-refractivity contribution in [3.63, 3.8) is 0 Å². The van der Waals surface area contributed by atoms with Crippen molar-refractivity contribution < 1.29 is 5.11 Å². The molecule has 3 aromatic carbocycles. The number of allylic oxidation sites excluding steroid dienone is 3. The molecule has 1 aliphatic heterocycles. The predicted octanol–water partition coefficient (Wildman–Crippen LogP) is 6.53. The number of dihydropyridines is 1. The van der Waals surface area contributed by atoms with Crippen molar-refractivity contribution in [3.05, 3.63) is 144 Å². The van der Waals surface area contributed by atoms with Crippen LogP contribution in [0.15, 0.2) is 126 Å². The largest absolute Gasteiger partial charge is 0.384 e. The number of rotatable bonds is 11. The van der Waals surface area contributed by atoms with E-state index in [0.717, 1.165) is 40.8 Å². The maximum absolute atomic E-state index is 10.7. The van der Waals surface area contributed by atoms with Crippen LogP contribution in [-0.2, 0) is 18.4 Å². The lowest BCUT2D eigenvalue weighted by Crippen LogP contribution is -2.20. The molecule has 5 rings (SSSR count). The first-order valence-corrected chi connectivity index (χ1v) is 14.0. The Hall–Kier alpha value is -4.68. The normalized spacial score (nSPS) is 14.3. The molecule has 0 radical (unpaired) electrons. The number of benzene rings is 3. The van der Waals surface area contributed by atoms with E-state index in [0.29, 0.717) is 6.54 Å². The number of hydrogen-bond acceptors (Lipinski definition) is 6. The van der Waals surface area contributed by atoms with E-state index in [-0.39, 0.29) is 5.41 Å². The second-order valence-corrected chi connectivity index (χ2v) is 10.9. The quantitative estimate of drug-likeness (QED) is 0.128. The van der Waals surface area contributed by atoms with Crippen molar-refractivity contribution in [2.24, 2.45) is 5.10 Å². The number of fused-ring (bicyclic) bond motifs is 1. The van der Waals surface area contributed by atoms with Gasteiger partial charge in [0.2, 0.25) is 0 Å². The molecule has 2 heterocycles. The lowest BCUT2D eigenvalue weighted by atomic mass is 9.79. The summed E-state index contributed by atoms with van der Waals surface area (Å²) in [6.07, 6.45) is 13.4. The molecule has 0 bridgehead atoms. The Balaban J connectivity index is 1.13. The summed E-state index contributed by atoms with van der Waals surface area (Å²) in [7, 11) is 0. The predicted molar refractivity (Wildman–Crippen MR) is 170 cm³/mol. The number of nitrogens with zero attached hydrogens (tertiary/aromatic N) is 2. The lowest BCUT2D eigenvalue weighted by Gasteiger charge is -2.26. The Morgan fingerprint density at radius 2 is 1.78 bits per heavy atom. The van der Waals surface area contributed by atoms with Crippen molar-refractivity contribution in [1.82, 2.24) is 15.7 Å². The molecule has 0 saturated heterocycles. The van der Waals surface area contributed by atoms with Crippen LogP contribution >= 0.6 is 0 Å². The zero-order valence-corrected chi connectivity index (χ0v) is 23.6. The smallest absolute Gasteiger partial charge is 0.0988 e. The van der Waals surface area contributed by atoms with E-state index in [1.54, 1.807) is 18.5 Å². The van der Waals surface area contributed by atoms with Crippen LogP contribution in [0.3, 0.4) is 0 Å². The molecular formula is C35H37N5O. The van der Waals surface area contributed by atoms with Crippen LogP contribution in [-0.4, -0.2) is 22.8 Å². The average molecular weight is 544 g/mol. The van der Waals surface area contributed by atoms with Crippen LogP contribution in [0.2, 0.25) is 0 Å². The van der Waals surface area contributed by atoms with E-state index in [4.69, 9.17) is 0 Å². The first kappa shape index (κ1) is 27.9. The molecule has 0 aliphatic carbocycles. The van der Waals surface area contributed by atoms with Gasteiger partial charge in [-0.2, -0.15) is 5.10 Å². The van der Waals surface area contributed by atoms with Gasteiger partial charge in [0.1, 0.15) is 0 Å². The molecule has 0 spiro atoms. The fourth-order valence-corrected chi connectivity index (χ4v) is 4.90. The minimum atomic E-state index is -0.703. The van der Waals surface area contributed by atoms with Crippen LogP contribution in [0.4, 0.5) is 5.69 Å². The molecule has 1 unspecified atom stereocenters. The summed E-state index contributed by atoms with van der Waals surface area (Å²) in [6, 6.07) is 26.9. The van der Waals surface area contributed by atoms with Crippen molar-refractivity contribution in [2.75, 3.05) is 11.9 Å². The fourth-order valence-electron chi connectivity index (χ4n) is 4.90. The minimum absolute atomic E-state index is 0.0345. The number of nitrogens with one attached hydrogen (secondary N) is 3. The first-order valence-electron chi connectivity index (χ1n) is 14.0. The van der Waals surface area contributed by atoms with Crippen LogP contribution < -0.4 is 16.1 Å². The zero-order chi connectivity index (χ0) is 28.5. The average Bonchev–Trinajstić information content (AvgIpc) is 3.00. The van der Waals surface area contributed by atoms with Gasteiger partial charge in [0.05, 0.1) is 35.8 Å². The molecular weight excluding hydrogens is 506 g/mol. The molecule has 0 amide bonds. The van der Waals surface area contributed by atoms with Gasteiger partial charge in [0, 0.05) is 18.1 Å². The zero-order valence-electron chi connectivity index (χ0n) is 23.6. The van der Waals surface area contributed by atoms with Gasteiger partial charge >= 0.3 is 0 Å². The number of pyridine rings is 1. The maximum Gasteiger partial charge on any atom is 0.0988 e. The number of aliphatic hydroxyl groups is 1. The van der Waals surface area contributed by atoms with Crippen LogP contribution in [0.25, 0.3) is 10.9 Å². The highest BCUT2D eigenvalue weighted by Gasteiger charge is 2.21. The van der Waals surface area contributed by atoms with E-state index in [2.05, 4.69) is 82.5 Å². The molecule has 41 heavy (non-hydrogen) atoms. The third kappa shape index (κ3) is 7.50. The second-order valence-electron chi connectivity index (χ2n) is 10.9. The molecule has 1 aromatic heterocycles. The third-order valence-electron chi connectivity index (χ3n) is 7.27. The van der Waals surface area contributed by atoms with Crippen LogP contribution in [0.5, 0.6) is 0 Å². The standard InChI is InChI=1S/C35H37N5O/c1-35(2,30-17-13-27(14-18-30)24-39-40-25-31-9-3-4-20-36-31)23-26-11-15-28(16-12-26)33(41)19-22-37-32-10-5-7-29-8-6-21-38-34(29)32/h3-19,21-22,25,33,36-37,39,41H,20,23-24H2,1-2H3/b22-19+,40-25+. The molecule has 4 aromatic rings. The SMILES string of the molecule is CC(C)(Cc1ccc(C(O)/C=C/Nc2cccc3cccnc23)cc1)c1ccc(CN/N=C/C2=CC=CCN2)cc1. The molecule has 6 nitrogen and oxygen atoms in total. The van der Waals surface area contributed by atoms with Gasteiger partial charge in [0.25, 0.3) is 0 Å². The van der Waals surface area contributed by atoms with Crippen molar-refractivity contribution in [1.29, 1.82) is 0 Å². The summed E-state index contributed by atoms with van der Waals surface area (Å²) in [6.45, 7) is 6.04. The summed E-state index contributed by atoms with van der Waals surface area (Å²) < 4.78 is 0. The number of anilines is 1. The van der Waals surface area contributed by atoms with E-state index < -0.39 is 6.10 Å². The maximum atomic E-state index is 10.7. The second kappa shape index (κ2) is 13.1. The van der Waals surface area contributed by atoms with Gasteiger partial charge < -0.3 is 21.2 Å². The van der Waals surface area contributed by atoms with Gasteiger partial charge in [-0.15, -0.1) is 0 Å². The van der Waals surface area contributed by atoms with Crippen LogP contribution in [0.1, 0.15) is 42.2 Å². The van der Waals surface area contributed by atoms with E-state index >= 15 is 0 Å². The highest BCUT2D eigenvalue weighted by Crippen LogP contribution is 2.29. The Bertz CT molecular complexity index is 1560. The van der Waals surface area contributed by atoms with Crippen LogP contribution in [0, 0.1) is 0 Å². The molecule has 0 fully saturated rings. The van der Waals surface area contributed by atoms with Gasteiger partial charge in [-0.05, 0) is 64.6 Å². The van der Waals surface area contributed by atoms with Gasteiger partial charge in [0.15, 0.2) is 0 Å². The van der Waals surface area contributed by atoms with Gasteiger partial charge in [-0.3, -0.25) is 4.98 Å². The highest BCUT2D eigenvalue weighted by molar-refractivity contribution is 5.90. The van der Waals surface area contributed by atoms with Crippen molar-refractivity contribution in [3.8, 4) is 0 Å². The van der Waals surface area contributed by atoms with Gasteiger partial charge in [-0.1, -0.05) is 92.7 Å². The molecule has 0 saturated carbocycles. The highest BCUT2D eigenvalue weighted by atomic mass is 16.3. The topological polar surface area (TPSA) is 81.6 Å². The minimum Gasteiger partial charge on any atom is -0.384 e. The molecule has 1 aliphatic rings. The molecule has 6 heteroatoms. The Morgan fingerprint density at radius 3 is 2.56 bits per heavy atom. The Labute approximate surface area is 242 Å². The summed E-state index contributed by atoms with van der Waals surface area (Å²) >= 11 is 0. The number of para-hydroxylation sites is 1. The number of hydrogen-bond donors (Lipinski definition) is 4. The van der Waals surface area contributed by atoms with Gasteiger partial charge in [-0.25, -0.2) is 0 Å². The van der Waals surface area contributed by atoms with Crippen molar-refractivity contribution in [2.45, 2.75) is 38.3 Å². The van der Waals surface area contributed by atoms with E-state index in [9.17, 15) is 5.11 Å². The number of aliphatic hydroxyl groups excluding tert-OH is 1.